The monoisotopic (exact) mass is 315 g/mol. The highest BCUT2D eigenvalue weighted by atomic mass is 35.5. The van der Waals surface area contributed by atoms with Crippen LogP contribution in [0.3, 0.4) is 0 Å². The number of hydrogen-bond acceptors (Lipinski definition) is 4. The van der Waals surface area contributed by atoms with Crippen LogP contribution in [0.1, 0.15) is 28.6 Å². The maximum Gasteiger partial charge on any atom is 0.0931 e. The summed E-state index contributed by atoms with van der Waals surface area (Å²) in [6, 6.07) is 8.61. The van der Waals surface area contributed by atoms with E-state index in [-0.39, 0.29) is 6.04 Å². The highest BCUT2D eigenvalue weighted by molar-refractivity contribution is 7.16. The molecule has 1 unspecified atom stereocenters. The molecule has 0 aliphatic rings. The number of rotatable bonds is 8. The van der Waals surface area contributed by atoms with Crippen molar-refractivity contribution in [3.63, 3.8) is 0 Å². The first-order valence-electron chi connectivity index (χ1n) is 6.32. The van der Waals surface area contributed by atoms with Crippen molar-refractivity contribution >= 4 is 34.3 Å². The zero-order valence-electron chi connectivity index (χ0n) is 10.9. The molecule has 0 aliphatic carbocycles. The van der Waals surface area contributed by atoms with Crippen molar-refractivity contribution in [3.8, 4) is 0 Å². The number of nitrogens with one attached hydrogen (secondary N) is 1. The first-order chi connectivity index (χ1) is 9.31. The molecule has 2 heterocycles. The summed E-state index contributed by atoms with van der Waals surface area (Å²) in [4.78, 5) is 2.62. The van der Waals surface area contributed by atoms with Gasteiger partial charge in [-0.25, -0.2) is 0 Å². The number of thiophene rings is 2. The van der Waals surface area contributed by atoms with Gasteiger partial charge in [0.25, 0.3) is 0 Å². The van der Waals surface area contributed by atoms with E-state index in [0.29, 0.717) is 0 Å². The van der Waals surface area contributed by atoms with Crippen LogP contribution >= 0.6 is 34.3 Å². The molecule has 0 saturated heterocycles. The van der Waals surface area contributed by atoms with Gasteiger partial charge in [-0.1, -0.05) is 17.7 Å². The van der Waals surface area contributed by atoms with Gasteiger partial charge in [-0.05, 0) is 43.0 Å². The lowest BCUT2D eigenvalue weighted by atomic mass is 10.2. The molecule has 2 aromatic rings. The Hall–Kier alpha value is -0.390. The van der Waals surface area contributed by atoms with Crippen molar-refractivity contribution in [2.24, 2.45) is 0 Å². The molecule has 0 radical (unpaired) electrons. The van der Waals surface area contributed by atoms with Crippen LogP contribution in [0.5, 0.6) is 0 Å². The lowest BCUT2D eigenvalue weighted by Crippen LogP contribution is -2.22. The molecule has 1 N–H and O–H groups in total. The molecule has 0 spiro atoms. The third kappa shape index (κ3) is 4.58. The van der Waals surface area contributed by atoms with Crippen LogP contribution in [0.15, 0.2) is 29.6 Å². The van der Waals surface area contributed by atoms with Crippen LogP contribution in [-0.2, 0) is 4.74 Å². The standard InChI is InChI=1S/C14H18ClNOS2/c1-17-9-3-2-8-16-14(11-5-4-10-18-11)12-6-7-13(15)19-12/h4-7,10,14,16H,2-3,8-9H2,1H3. The summed E-state index contributed by atoms with van der Waals surface area (Å²) in [5, 5.41) is 5.73. The second-order valence-corrected chi connectivity index (χ2v) is 6.97. The van der Waals surface area contributed by atoms with Crippen LogP contribution in [0.4, 0.5) is 0 Å². The van der Waals surface area contributed by atoms with Crippen LogP contribution in [0, 0.1) is 0 Å². The first-order valence-corrected chi connectivity index (χ1v) is 8.39. The van der Waals surface area contributed by atoms with Crippen molar-refractivity contribution in [3.05, 3.63) is 43.7 Å². The summed E-state index contributed by atoms with van der Waals surface area (Å²) in [5.41, 5.74) is 0. The normalized spacial score (nSPS) is 12.7. The van der Waals surface area contributed by atoms with E-state index >= 15 is 0 Å². The summed E-state index contributed by atoms with van der Waals surface area (Å²) in [6.07, 6.45) is 2.21. The minimum atomic E-state index is 0.264. The lowest BCUT2D eigenvalue weighted by Gasteiger charge is -2.16. The van der Waals surface area contributed by atoms with Crippen LogP contribution < -0.4 is 5.32 Å². The highest BCUT2D eigenvalue weighted by Crippen LogP contribution is 2.32. The van der Waals surface area contributed by atoms with Crippen molar-refractivity contribution in [1.29, 1.82) is 0 Å². The summed E-state index contributed by atoms with van der Waals surface area (Å²) >= 11 is 9.47. The zero-order chi connectivity index (χ0) is 13.5. The molecular formula is C14H18ClNOS2. The van der Waals surface area contributed by atoms with Gasteiger partial charge in [0, 0.05) is 23.5 Å². The molecule has 2 rings (SSSR count). The first kappa shape index (κ1) is 15.0. The molecule has 0 aromatic carbocycles. The number of ether oxygens (including phenoxy) is 1. The Kier molecular flexibility index (Phi) is 6.34. The second-order valence-electron chi connectivity index (χ2n) is 4.24. The van der Waals surface area contributed by atoms with Gasteiger partial charge in [-0.3, -0.25) is 0 Å². The highest BCUT2D eigenvalue weighted by Gasteiger charge is 2.16. The van der Waals surface area contributed by atoms with Gasteiger partial charge in [0.1, 0.15) is 0 Å². The number of hydrogen-bond donors (Lipinski definition) is 1. The second kappa shape index (κ2) is 8.02. The van der Waals surface area contributed by atoms with E-state index in [1.807, 2.05) is 6.07 Å². The van der Waals surface area contributed by atoms with Gasteiger partial charge in [0.05, 0.1) is 10.4 Å². The van der Waals surface area contributed by atoms with Crippen LogP contribution in [-0.4, -0.2) is 20.3 Å². The average Bonchev–Trinajstić information content (AvgIpc) is 3.05. The average molecular weight is 316 g/mol. The Bertz CT molecular complexity index is 470. The molecule has 0 fully saturated rings. The van der Waals surface area contributed by atoms with Gasteiger partial charge < -0.3 is 10.1 Å². The van der Waals surface area contributed by atoms with E-state index in [4.69, 9.17) is 16.3 Å². The Morgan fingerprint density at radius 2 is 2.16 bits per heavy atom. The Balaban J connectivity index is 1.96. The quantitative estimate of drug-likeness (QED) is 0.721. The molecule has 2 aromatic heterocycles. The Labute approximate surface area is 127 Å². The fourth-order valence-corrected chi connectivity index (χ4v) is 3.95. The van der Waals surface area contributed by atoms with E-state index in [2.05, 4.69) is 28.9 Å². The number of halogens is 1. The molecule has 0 saturated carbocycles. The molecular weight excluding hydrogens is 298 g/mol. The van der Waals surface area contributed by atoms with Gasteiger partial charge in [0.2, 0.25) is 0 Å². The topological polar surface area (TPSA) is 21.3 Å². The molecule has 19 heavy (non-hydrogen) atoms. The smallest absolute Gasteiger partial charge is 0.0931 e. The minimum Gasteiger partial charge on any atom is -0.385 e. The van der Waals surface area contributed by atoms with Gasteiger partial charge >= 0.3 is 0 Å². The predicted octanol–water partition coefficient (Wildman–Crippen LogP) is 4.57. The van der Waals surface area contributed by atoms with Crippen LogP contribution in [0.25, 0.3) is 0 Å². The van der Waals surface area contributed by atoms with E-state index in [1.54, 1.807) is 29.8 Å². The SMILES string of the molecule is COCCCCNC(c1cccs1)c1ccc(Cl)s1. The molecule has 5 heteroatoms. The van der Waals surface area contributed by atoms with Crippen LogP contribution in [0.2, 0.25) is 4.34 Å². The van der Waals surface area contributed by atoms with E-state index in [1.165, 1.54) is 9.75 Å². The van der Waals surface area contributed by atoms with Gasteiger partial charge in [-0.2, -0.15) is 0 Å². The summed E-state index contributed by atoms with van der Waals surface area (Å²) in [6.45, 7) is 1.82. The largest absolute Gasteiger partial charge is 0.385 e. The van der Waals surface area contributed by atoms with Gasteiger partial charge in [-0.15, -0.1) is 22.7 Å². The molecule has 104 valence electrons. The number of methoxy groups -OCH3 is 1. The molecule has 1 atom stereocenters. The van der Waals surface area contributed by atoms with E-state index in [9.17, 15) is 0 Å². The molecule has 0 bridgehead atoms. The number of unbranched alkanes of at least 4 members (excludes halogenated alkanes) is 1. The van der Waals surface area contributed by atoms with Gasteiger partial charge in [0.15, 0.2) is 0 Å². The molecule has 0 aliphatic heterocycles. The third-order valence-electron chi connectivity index (χ3n) is 2.83. The summed E-state index contributed by atoms with van der Waals surface area (Å²) < 4.78 is 5.91. The molecule has 2 nitrogen and oxygen atoms in total. The summed E-state index contributed by atoms with van der Waals surface area (Å²) in [5.74, 6) is 0. The van der Waals surface area contributed by atoms with Crippen molar-refractivity contribution in [2.45, 2.75) is 18.9 Å². The third-order valence-corrected chi connectivity index (χ3v) is 5.06. The lowest BCUT2D eigenvalue weighted by molar-refractivity contribution is 0.192. The van der Waals surface area contributed by atoms with E-state index < -0.39 is 0 Å². The zero-order valence-corrected chi connectivity index (χ0v) is 13.3. The fourth-order valence-electron chi connectivity index (χ4n) is 1.90. The predicted molar refractivity (Wildman–Crippen MR) is 84.6 cm³/mol. The van der Waals surface area contributed by atoms with Crippen molar-refractivity contribution in [2.75, 3.05) is 20.3 Å². The van der Waals surface area contributed by atoms with Crippen molar-refractivity contribution < 1.29 is 4.74 Å². The fraction of sp³-hybridized carbons (Fsp3) is 0.429. The maximum absolute atomic E-state index is 6.05. The minimum absolute atomic E-state index is 0.264. The van der Waals surface area contributed by atoms with Crippen molar-refractivity contribution in [1.82, 2.24) is 5.32 Å². The Morgan fingerprint density at radius 3 is 2.79 bits per heavy atom. The summed E-state index contributed by atoms with van der Waals surface area (Å²) in [7, 11) is 1.75. The van der Waals surface area contributed by atoms with E-state index in [0.717, 1.165) is 30.3 Å². The maximum atomic E-state index is 6.05. The Morgan fingerprint density at radius 1 is 1.26 bits per heavy atom. The molecule has 0 amide bonds.